The van der Waals surface area contributed by atoms with E-state index in [2.05, 4.69) is 10.6 Å². The molecule has 0 bridgehead atoms. The minimum Gasteiger partial charge on any atom is -0.366 e. The van der Waals surface area contributed by atoms with Crippen molar-refractivity contribution in [2.75, 3.05) is 17.2 Å². The Labute approximate surface area is 219 Å². The number of anilines is 2. The van der Waals surface area contributed by atoms with Crippen LogP contribution in [0.5, 0.6) is 0 Å². The van der Waals surface area contributed by atoms with E-state index < -0.39 is 29.5 Å². The fourth-order valence-electron chi connectivity index (χ4n) is 3.81. The summed E-state index contributed by atoms with van der Waals surface area (Å²) in [5.41, 5.74) is 11.9. The predicted molar refractivity (Wildman–Crippen MR) is 141 cm³/mol. The largest absolute Gasteiger partial charge is 0.417 e. The van der Waals surface area contributed by atoms with Crippen molar-refractivity contribution in [1.29, 1.82) is 0 Å². The summed E-state index contributed by atoms with van der Waals surface area (Å²) in [5.74, 6) is -1.64. The van der Waals surface area contributed by atoms with Gasteiger partial charge in [-0.05, 0) is 70.1 Å². The van der Waals surface area contributed by atoms with Crippen LogP contribution in [-0.4, -0.2) is 24.3 Å². The second-order valence-corrected chi connectivity index (χ2v) is 9.07. The number of nitrogens with two attached hydrogens (primary N) is 2. The molecule has 4 aromatic rings. The molecule has 0 saturated heterocycles. The fraction of sp³-hybridized carbons (Fsp3) is 0.0741. The van der Waals surface area contributed by atoms with E-state index in [0.717, 1.165) is 17.4 Å². The second kappa shape index (κ2) is 10.9. The highest BCUT2D eigenvalue weighted by atomic mass is 32.1. The van der Waals surface area contributed by atoms with Gasteiger partial charge >= 0.3 is 6.18 Å². The molecule has 0 aliphatic rings. The summed E-state index contributed by atoms with van der Waals surface area (Å²) in [6.45, 7) is -0.301. The van der Waals surface area contributed by atoms with Crippen LogP contribution in [0, 0.1) is 0 Å². The first-order valence-corrected chi connectivity index (χ1v) is 12.1. The molecule has 3 aromatic carbocycles. The first-order valence-electron chi connectivity index (χ1n) is 11.2. The number of carbonyl (C=O) groups is 3. The first-order chi connectivity index (χ1) is 18.1. The maximum atomic E-state index is 13.7. The molecule has 1 heterocycles. The van der Waals surface area contributed by atoms with Crippen LogP contribution in [0.2, 0.25) is 0 Å². The van der Waals surface area contributed by atoms with Gasteiger partial charge in [-0.1, -0.05) is 30.3 Å². The van der Waals surface area contributed by atoms with Crippen LogP contribution in [0.25, 0.3) is 22.3 Å². The number of thiophene rings is 1. The lowest BCUT2D eigenvalue weighted by molar-refractivity contribution is -0.137. The Bertz CT molecular complexity index is 1510. The molecule has 11 heteroatoms. The minimum absolute atomic E-state index is 0.0534. The van der Waals surface area contributed by atoms with Crippen molar-refractivity contribution in [2.45, 2.75) is 6.18 Å². The number of primary amides is 1. The Kier molecular flexibility index (Phi) is 7.60. The molecule has 0 radical (unpaired) electrons. The van der Waals surface area contributed by atoms with Crippen LogP contribution >= 0.6 is 11.3 Å². The van der Waals surface area contributed by atoms with E-state index in [4.69, 9.17) is 11.5 Å². The van der Waals surface area contributed by atoms with E-state index >= 15 is 0 Å². The predicted octanol–water partition coefficient (Wildman–Crippen LogP) is 5.35. The van der Waals surface area contributed by atoms with Gasteiger partial charge in [-0.3, -0.25) is 14.4 Å². The molecule has 7 nitrogen and oxygen atoms in total. The Morgan fingerprint density at radius 3 is 2.18 bits per heavy atom. The van der Waals surface area contributed by atoms with E-state index in [0.29, 0.717) is 16.1 Å². The average Bonchev–Trinajstić information content (AvgIpc) is 3.36. The summed E-state index contributed by atoms with van der Waals surface area (Å²) in [5, 5.41) is 7.19. The van der Waals surface area contributed by atoms with Crippen molar-refractivity contribution in [3.05, 3.63) is 94.9 Å². The lowest BCUT2D eigenvalue weighted by atomic mass is 9.94. The van der Waals surface area contributed by atoms with Crippen molar-refractivity contribution in [3.63, 3.8) is 0 Å². The van der Waals surface area contributed by atoms with Crippen molar-refractivity contribution in [1.82, 2.24) is 0 Å². The molecule has 0 unspecified atom stereocenters. The first kappa shape index (κ1) is 26.6. The van der Waals surface area contributed by atoms with E-state index in [1.165, 1.54) is 42.5 Å². The van der Waals surface area contributed by atoms with Gasteiger partial charge in [0.15, 0.2) is 0 Å². The Hall–Kier alpha value is -4.48. The number of nitrogens with one attached hydrogen (secondary N) is 2. The molecule has 1 aromatic heterocycles. The lowest BCUT2D eigenvalue weighted by Gasteiger charge is -2.16. The molecule has 0 saturated carbocycles. The normalized spacial score (nSPS) is 11.2. The highest BCUT2D eigenvalue weighted by Gasteiger charge is 2.33. The van der Waals surface area contributed by atoms with Crippen LogP contribution in [0.15, 0.2) is 78.2 Å². The van der Waals surface area contributed by atoms with Crippen molar-refractivity contribution in [3.8, 4) is 22.3 Å². The zero-order valence-corrected chi connectivity index (χ0v) is 20.5. The van der Waals surface area contributed by atoms with Gasteiger partial charge < -0.3 is 22.1 Å². The van der Waals surface area contributed by atoms with Gasteiger partial charge in [0.1, 0.15) is 5.00 Å². The Morgan fingerprint density at radius 1 is 0.842 bits per heavy atom. The molecular weight excluding hydrogens is 517 g/mol. The van der Waals surface area contributed by atoms with Crippen LogP contribution in [0.4, 0.5) is 23.9 Å². The van der Waals surface area contributed by atoms with Crippen LogP contribution < -0.4 is 22.1 Å². The molecule has 0 aliphatic heterocycles. The van der Waals surface area contributed by atoms with Crippen LogP contribution in [0.1, 0.15) is 26.3 Å². The number of amides is 3. The van der Waals surface area contributed by atoms with Gasteiger partial charge in [0.2, 0.25) is 5.91 Å². The number of alkyl halides is 3. The Morgan fingerprint density at radius 2 is 1.53 bits per heavy atom. The van der Waals surface area contributed by atoms with Gasteiger partial charge in [0, 0.05) is 11.3 Å². The van der Waals surface area contributed by atoms with Gasteiger partial charge in [0.25, 0.3) is 11.8 Å². The molecule has 0 atom stereocenters. The summed E-state index contributed by atoms with van der Waals surface area (Å²) < 4.78 is 41.1. The van der Waals surface area contributed by atoms with Gasteiger partial charge in [-0.15, -0.1) is 11.3 Å². The number of hydrogen-bond donors (Lipinski definition) is 4. The monoisotopic (exact) mass is 538 g/mol. The maximum Gasteiger partial charge on any atom is 0.417 e. The number of rotatable bonds is 7. The van der Waals surface area contributed by atoms with Crippen LogP contribution in [-0.2, 0) is 11.0 Å². The van der Waals surface area contributed by atoms with E-state index in [1.54, 1.807) is 29.6 Å². The quantitative estimate of drug-likeness (QED) is 0.253. The van der Waals surface area contributed by atoms with Gasteiger partial charge in [-0.2, -0.15) is 13.2 Å². The summed E-state index contributed by atoms with van der Waals surface area (Å²) in [7, 11) is 0. The molecular formula is C27H21F3N4O3S. The lowest BCUT2D eigenvalue weighted by Crippen LogP contribution is -2.21. The third kappa shape index (κ3) is 5.90. The summed E-state index contributed by atoms with van der Waals surface area (Å²) in [6, 6.07) is 17.6. The molecule has 194 valence electrons. The van der Waals surface area contributed by atoms with Gasteiger partial charge in [0.05, 0.1) is 17.7 Å². The topological polar surface area (TPSA) is 127 Å². The zero-order valence-electron chi connectivity index (χ0n) is 19.6. The maximum absolute atomic E-state index is 13.7. The standard InChI is InChI=1S/C27H21F3N4O3S/c28-27(29,30)22-4-2-1-3-20(22)18-11-17(12-19(13-18)33-23(35)14-31)15-5-7-16(8-6-15)25(37)34-26-21(24(32)36)9-10-38-26/h1-13H,14,31H2,(H2,32,36)(H,33,35)(H,34,37). The third-order valence-electron chi connectivity index (χ3n) is 5.58. The highest BCUT2D eigenvalue weighted by Crippen LogP contribution is 2.39. The van der Waals surface area contributed by atoms with Crippen molar-refractivity contribution in [2.24, 2.45) is 11.5 Å². The average molecular weight is 539 g/mol. The molecule has 38 heavy (non-hydrogen) atoms. The van der Waals surface area contributed by atoms with Crippen molar-refractivity contribution >= 4 is 39.7 Å². The summed E-state index contributed by atoms with van der Waals surface area (Å²) in [6.07, 6.45) is -4.58. The highest BCUT2D eigenvalue weighted by molar-refractivity contribution is 7.14. The number of hydrogen-bond acceptors (Lipinski definition) is 5. The number of carbonyl (C=O) groups excluding carboxylic acids is 3. The van der Waals surface area contributed by atoms with E-state index in [9.17, 15) is 27.6 Å². The van der Waals surface area contributed by atoms with Crippen molar-refractivity contribution < 1.29 is 27.6 Å². The molecule has 6 N–H and O–H groups in total. The zero-order chi connectivity index (χ0) is 27.4. The molecule has 4 rings (SSSR count). The molecule has 0 aliphatic carbocycles. The second-order valence-electron chi connectivity index (χ2n) is 8.15. The Balaban J connectivity index is 1.70. The summed E-state index contributed by atoms with van der Waals surface area (Å²) in [4.78, 5) is 36.1. The molecule has 3 amide bonds. The fourth-order valence-corrected chi connectivity index (χ4v) is 4.59. The van der Waals surface area contributed by atoms with E-state index in [-0.39, 0.29) is 34.5 Å². The summed E-state index contributed by atoms with van der Waals surface area (Å²) >= 11 is 1.16. The van der Waals surface area contributed by atoms with E-state index in [1.807, 2.05) is 0 Å². The smallest absolute Gasteiger partial charge is 0.366 e. The minimum atomic E-state index is -4.58. The van der Waals surface area contributed by atoms with Crippen LogP contribution in [0.3, 0.4) is 0 Å². The molecule has 0 spiro atoms. The SMILES string of the molecule is NCC(=O)Nc1cc(-c2ccc(C(=O)Nc3sccc3C(N)=O)cc2)cc(-c2ccccc2C(F)(F)F)c1. The number of benzene rings is 3. The number of halogens is 3. The van der Waals surface area contributed by atoms with Gasteiger partial charge in [-0.25, -0.2) is 0 Å². The molecule has 0 fully saturated rings. The third-order valence-corrected chi connectivity index (χ3v) is 6.41.